The number of nitrogens with zero attached hydrogens (tertiary/aromatic N) is 2. The first kappa shape index (κ1) is 14.4. The standard InChI is InChI=1S/C13H22N4O/c1-3-5-7-14-12-9-11(16-10-17-12)13(18)15-8-6-4-2/h9-10H,3-8H2,1-2H3,(H,15,18)(H,14,16,17). The van der Waals surface area contributed by atoms with Gasteiger partial charge in [0.15, 0.2) is 0 Å². The Bertz CT molecular complexity index is 368. The lowest BCUT2D eigenvalue weighted by atomic mass is 10.3. The molecule has 5 heteroatoms. The third-order valence-corrected chi connectivity index (χ3v) is 2.55. The van der Waals surface area contributed by atoms with E-state index < -0.39 is 0 Å². The van der Waals surface area contributed by atoms with Crippen LogP contribution in [0.25, 0.3) is 0 Å². The molecule has 0 fully saturated rings. The summed E-state index contributed by atoms with van der Waals surface area (Å²) >= 11 is 0. The number of unbranched alkanes of at least 4 members (excludes halogenated alkanes) is 2. The molecule has 0 saturated heterocycles. The predicted octanol–water partition coefficient (Wildman–Crippen LogP) is 2.22. The second-order valence-corrected chi connectivity index (χ2v) is 4.18. The lowest BCUT2D eigenvalue weighted by Crippen LogP contribution is -2.25. The van der Waals surface area contributed by atoms with Crippen LogP contribution in [0.2, 0.25) is 0 Å². The van der Waals surface area contributed by atoms with Crippen LogP contribution in [-0.4, -0.2) is 29.0 Å². The van der Waals surface area contributed by atoms with Crippen LogP contribution in [0.15, 0.2) is 12.4 Å². The van der Waals surface area contributed by atoms with Crippen molar-refractivity contribution in [2.75, 3.05) is 18.4 Å². The summed E-state index contributed by atoms with van der Waals surface area (Å²) in [6, 6.07) is 1.69. The highest BCUT2D eigenvalue weighted by Gasteiger charge is 2.07. The number of aromatic nitrogens is 2. The maximum absolute atomic E-state index is 11.8. The molecular weight excluding hydrogens is 228 g/mol. The van der Waals surface area contributed by atoms with Crippen molar-refractivity contribution < 1.29 is 4.79 Å². The lowest BCUT2D eigenvalue weighted by Gasteiger charge is -2.06. The van der Waals surface area contributed by atoms with E-state index in [1.54, 1.807) is 6.07 Å². The molecule has 1 aromatic heterocycles. The number of rotatable bonds is 8. The van der Waals surface area contributed by atoms with Crippen molar-refractivity contribution in [3.8, 4) is 0 Å². The van der Waals surface area contributed by atoms with Crippen molar-refractivity contribution in [1.29, 1.82) is 0 Å². The minimum Gasteiger partial charge on any atom is -0.370 e. The van der Waals surface area contributed by atoms with E-state index in [0.29, 0.717) is 18.1 Å². The lowest BCUT2D eigenvalue weighted by molar-refractivity contribution is 0.0948. The molecule has 0 spiro atoms. The molecule has 0 bridgehead atoms. The molecule has 2 N–H and O–H groups in total. The fourth-order valence-electron chi connectivity index (χ4n) is 1.44. The third kappa shape index (κ3) is 5.12. The zero-order valence-corrected chi connectivity index (χ0v) is 11.2. The van der Waals surface area contributed by atoms with Gasteiger partial charge in [-0.05, 0) is 12.8 Å². The largest absolute Gasteiger partial charge is 0.370 e. The minimum absolute atomic E-state index is 0.135. The van der Waals surface area contributed by atoms with Crippen molar-refractivity contribution in [2.24, 2.45) is 0 Å². The Labute approximate surface area is 108 Å². The van der Waals surface area contributed by atoms with Gasteiger partial charge in [-0.3, -0.25) is 4.79 Å². The number of anilines is 1. The summed E-state index contributed by atoms with van der Waals surface area (Å²) in [6.45, 7) is 5.78. The first-order valence-electron chi connectivity index (χ1n) is 6.62. The molecule has 0 aromatic carbocycles. The van der Waals surface area contributed by atoms with Gasteiger partial charge in [0.05, 0.1) is 0 Å². The van der Waals surface area contributed by atoms with Crippen molar-refractivity contribution in [3.05, 3.63) is 18.1 Å². The number of hydrogen-bond acceptors (Lipinski definition) is 4. The van der Waals surface area contributed by atoms with Gasteiger partial charge in [0.25, 0.3) is 5.91 Å². The topological polar surface area (TPSA) is 66.9 Å². The molecule has 18 heavy (non-hydrogen) atoms. The maximum atomic E-state index is 11.8. The molecule has 1 aromatic rings. The highest BCUT2D eigenvalue weighted by molar-refractivity contribution is 5.92. The highest BCUT2D eigenvalue weighted by Crippen LogP contribution is 2.04. The van der Waals surface area contributed by atoms with E-state index in [1.807, 2.05) is 0 Å². The van der Waals surface area contributed by atoms with E-state index in [2.05, 4.69) is 34.4 Å². The summed E-state index contributed by atoms with van der Waals surface area (Å²) in [6.07, 6.45) is 5.68. The van der Waals surface area contributed by atoms with Gasteiger partial charge in [0, 0.05) is 19.2 Å². The fraction of sp³-hybridized carbons (Fsp3) is 0.615. The number of amides is 1. The average Bonchev–Trinajstić information content (AvgIpc) is 2.39. The van der Waals surface area contributed by atoms with Gasteiger partial charge in [0.2, 0.25) is 0 Å². The average molecular weight is 250 g/mol. The summed E-state index contributed by atoms with van der Waals surface area (Å²) in [5, 5.41) is 6.01. The van der Waals surface area contributed by atoms with Gasteiger partial charge in [-0.2, -0.15) is 0 Å². The van der Waals surface area contributed by atoms with Crippen LogP contribution >= 0.6 is 0 Å². The first-order valence-corrected chi connectivity index (χ1v) is 6.62. The molecule has 0 saturated carbocycles. The highest BCUT2D eigenvalue weighted by atomic mass is 16.1. The van der Waals surface area contributed by atoms with E-state index >= 15 is 0 Å². The summed E-state index contributed by atoms with van der Waals surface area (Å²) in [7, 11) is 0. The molecule has 0 atom stereocenters. The Balaban J connectivity index is 2.49. The molecule has 0 aliphatic carbocycles. The Morgan fingerprint density at radius 2 is 1.89 bits per heavy atom. The Morgan fingerprint density at radius 1 is 1.17 bits per heavy atom. The number of carbonyl (C=O) groups is 1. The molecular formula is C13H22N4O. The SMILES string of the molecule is CCCCNC(=O)c1cc(NCCCC)ncn1. The van der Waals surface area contributed by atoms with Crippen LogP contribution in [-0.2, 0) is 0 Å². The fourth-order valence-corrected chi connectivity index (χ4v) is 1.44. The Hall–Kier alpha value is -1.65. The zero-order valence-electron chi connectivity index (χ0n) is 11.2. The molecule has 1 heterocycles. The number of nitrogens with one attached hydrogen (secondary N) is 2. The quantitative estimate of drug-likeness (QED) is 0.694. The van der Waals surface area contributed by atoms with Crippen LogP contribution in [0.1, 0.15) is 50.0 Å². The predicted molar refractivity (Wildman–Crippen MR) is 72.7 cm³/mol. The van der Waals surface area contributed by atoms with E-state index in [4.69, 9.17) is 0 Å². The van der Waals surface area contributed by atoms with Gasteiger partial charge in [-0.15, -0.1) is 0 Å². The summed E-state index contributed by atoms with van der Waals surface area (Å²) in [5.74, 6) is 0.573. The summed E-state index contributed by atoms with van der Waals surface area (Å²) < 4.78 is 0. The van der Waals surface area contributed by atoms with Crippen LogP contribution in [0.5, 0.6) is 0 Å². The van der Waals surface area contributed by atoms with Gasteiger partial charge in [0.1, 0.15) is 17.8 Å². The summed E-state index contributed by atoms with van der Waals surface area (Å²) in [4.78, 5) is 19.8. The Morgan fingerprint density at radius 3 is 2.61 bits per heavy atom. The van der Waals surface area contributed by atoms with E-state index in [9.17, 15) is 4.79 Å². The Kier molecular flexibility index (Phi) is 6.76. The second kappa shape index (κ2) is 8.44. The van der Waals surface area contributed by atoms with E-state index in [-0.39, 0.29) is 5.91 Å². The minimum atomic E-state index is -0.135. The molecule has 100 valence electrons. The zero-order chi connectivity index (χ0) is 13.2. The smallest absolute Gasteiger partial charge is 0.270 e. The van der Waals surface area contributed by atoms with Gasteiger partial charge >= 0.3 is 0 Å². The van der Waals surface area contributed by atoms with E-state index in [0.717, 1.165) is 32.2 Å². The normalized spacial score (nSPS) is 10.1. The van der Waals surface area contributed by atoms with Crippen molar-refractivity contribution in [2.45, 2.75) is 39.5 Å². The van der Waals surface area contributed by atoms with Crippen molar-refractivity contribution in [3.63, 3.8) is 0 Å². The molecule has 1 amide bonds. The maximum Gasteiger partial charge on any atom is 0.270 e. The second-order valence-electron chi connectivity index (χ2n) is 4.18. The molecule has 0 aliphatic rings. The summed E-state index contributed by atoms with van der Waals surface area (Å²) in [5.41, 5.74) is 0.417. The molecule has 1 rings (SSSR count). The molecule has 0 aliphatic heterocycles. The van der Waals surface area contributed by atoms with Crippen LogP contribution in [0, 0.1) is 0 Å². The van der Waals surface area contributed by atoms with Crippen molar-refractivity contribution >= 4 is 11.7 Å². The van der Waals surface area contributed by atoms with Gasteiger partial charge < -0.3 is 10.6 Å². The molecule has 0 radical (unpaired) electrons. The van der Waals surface area contributed by atoms with E-state index in [1.165, 1.54) is 6.33 Å². The monoisotopic (exact) mass is 250 g/mol. The molecule has 5 nitrogen and oxygen atoms in total. The first-order chi connectivity index (χ1) is 8.77. The van der Waals surface area contributed by atoms with Gasteiger partial charge in [-0.25, -0.2) is 9.97 Å². The third-order valence-electron chi connectivity index (χ3n) is 2.55. The van der Waals surface area contributed by atoms with Crippen LogP contribution in [0.4, 0.5) is 5.82 Å². The molecule has 0 unspecified atom stereocenters. The van der Waals surface area contributed by atoms with Crippen LogP contribution in [0.3, 0.4) is 0 Å². The van der Waals surface area contributed by atoms with Crippen LogP contribution < -0.4 is 10.6 Å². The van der Waals surface area contributed by atoms with Gasteiger partial charge in [-0.1, -0.05) is 26.7 Å². The van der Waals surface area contributed by atoms with Crippen molar-refractivity contribution in [1.82, 2.24) is 15.3 Å². The number of hydrogen-bond donors (Lipinski definition) is 2. The number of carbonyl (C=O) groups excluding carboxylic acids is 1.